The van der Waals surface area contributed by atoms with Crippen LogP contribution in [0.1, 0.15) is 34.1 Å². The molecule has 0 saturated heterocycles. The predicted molar refractivity (Wildman–Crippen MR) is 105 cm³/mol. The summed E-state index contributed by atoms with van der Waals surface area (Å²) in [6.07, 6.45) is -0.324. The van der Waals surface area contributed by atoms with Crippen LogP contribution in [0.2, 0.25) is 5.02 Å². The molecular weight excluding hydrogens is 401 g/mol. The van der Waals surface area contributed by atoms with Crippen molar-refractivity contribution in [2.24, 2.45) is 0 Å². The lowest BCUT2D eigenvalue weighted by molar-refractivity contribution is -0.137. The highest BCUT2D eigenvalue weighted by Gasteiger charge is 2.22. The Kier molecular flexibility index (Phi) is 5.84. The van der Waals surface area contributed by atoms with Gasteiger partial charge in [-0.15, -0.1) is 0 Å². The summed E-state index contributed by atoms with van der Waals surface area (Å²) in [6.45, 7) is 1.81. The maximum Gasteiger partial charge on any atom is 0.305 e. The first-order valence-electron chi connectivity index (χ1n) is 8.62. The fourth-order valence-electron chi connectivity index (χ4n) is 2.96. The van der Waals surface area contributed by atoms with Gasteiger partial charge in [-0.25, -0.2) is 9.07 Å². The molecule has 9 heteroatoms. The monoisotopic (exact) mass is 417 g/mol. The van der Waals surface area contributed by atoms with E-state index in [-0.39, 0.29) is 22.8 Å². The Bertz CT molecular complexity index is 1140. The number of nitrogens with zero attached hydrogens (tertiary/aromatic N) is 1. The summed E-state index contributed by atoms with van der Waals surface area (Å²) >= 11 is 5.75. The van der Waals surface area contributed by atoms with Crippen LogP contribution in [0, 0.1) is 12.7 Å². The first-order valence-corrected chi connectivity index (χ1v) is 8.99. The van der Waals surface area contributed by atoms with Crippen LogP contribution >= 0.6 is 11.6 Å². The van der Waals surface area contributed by atoms with E-state index in [4.69, 9.17) is 11.6 Å². The lowest BCUT2D eigenvalue weighted by Crippen LogP contribution is -2.31. The molecule has 7 nitrogen and oxygen atoms in total. The Morgan fingerprint density at radius 2 is 1.97 bits per heavy atom. The molecule has 1 amide bonds. The SMILES string of the molecule is Cc1ccccc1C(CC(=O)O)NC(=O)c1cc(=O)n(-c2ccc(F)c(Cl)c2)[nH]1. The van der Waals surface area contributed by atoms with Gasteiger partial charge in [-0.1, -0.05) is 35.9 Å². The topological polar surface area (TPSA) is 104 Å². The standard InChI is InChI=1S/C20H17ClFN3O4/c1-11-4-2-3-5-13(11)16(10-19(27)28)23-20(29)17-9-18(26)25(24-17)12-6-7-15(22)14(21)8-12/h2-9,16,24H,10H2,1H3,(H,23,29)(H,27,28). The van der Waals surface area contributed by atoms with Gasteiger partial charge in [0.15, 0.2) is 0 Å². The van der Waals surface area contributed by atoms with Crippen molar-refractivity contribution in [2.45, 2.75) is 19.4 Å². The fourth-order valence-corrected chi connectivity index (χ4v) is 3.13. The van der Waals surface area contributed by atoms with Crippen LogP contribution in [0.15, 0.2) is 53.3 Å². The van der Waals surface area contributed by atoms with Gasteiger partial charge >= 0.3 is 5.97 Å². The molecule has 0 aliphatic heterocycles. The summed E-state index contributed by atoms with van der Waals surface area (Å²) in [5.74, 6) is -2.36. The van der Waals surface area contributed by atoms with Crippen LogP contribution in [0.4, 0.5) is 4.39 Å². The Hall–Kier alpha value is -3.39. The number of carbonyl (C=O) groups is 2. The van der Waals surface area contributed by atoms with Gasteiger partial charge in [0.05, 0.1) is 23.2 Å². The van der Waals surface area contributed by atoms with Gasteiger partial charge in [0.1, 0.15) is 11.5 Å². The number of aliphatic carboxylic acids is 1. The molecule has 2 aromatic carbocycles. The summed E-state index contributed by atoms with van der Waals surface area (Å²) < 4.78 is 14.4. The number of rotatable bonds is 6. The Morgan fingerprint density at radius 3 is 2.62 bits per heavy atom. The number of carboxylic acids is 1. The lowest BCUT2D eigenvalue weighted by atomic mass is 9.98. The fraction of sp³-hybridized carbons (Fsp3) is 0.150. The summed E-state index contributed by atoms with van der Waals surface area (Å²) in [4.78, 5) is 36.2. The van der Waals surface area contributed by atoms with Gasteiger partial charge in [-0.3, -0.25) is 19.5 Å². The number of halogens is 2. The summed E-state index contributed by atoms with van der Waals surface area (Å²) in [5, 5.41) is 14.3. The van der Waals surface area contributed by atoms with Gasteiger partial charge < -0.3 is 10.4 Å². The quantitative estimate of drug-likeness (QED) is 0.572. The largest absolute Gasteiger partial charge is 0.481 e. The second-order valence-corrected chi connectivity index (χ2v) is 6.83. The first-order chi connectivity index (χ1) is 13.8. The molecular formula is C20H17ClFN3O4. The number of carbonyl (C=O) groups excluding carboxylic acids is 1. The lowest BCUT2D eigenvalue weighted by Gasteiger charge is -2.19. The van der Waals surface area contributed by atoms with Crippen LogP contribution in [0.5, 0.6) is 0 Å². The van der Waals surface area contributed by atoms with Crippen molar-refractivity contribution < 1.29 is 19.1 Å². The molecule has 0 aliphatic carbocycles. The molecule has 0 spiro atoms. The van der Waals surface area contributed by atoms with E-state index in [1.165, 1.54) is 12.1 Å². The van der Waals surface area contributed by atoms with Crippen LogP contribution in [-0.2, 0) is 4.79 Å². The second kappa shape index (κ2) is 8.32. The first kappa shape index (κ1) is 20.3. The molecule has 1 aromatic heterocycles. The zero-order valence-electron chi connectivity index (χ0n) is 15.3. The summed E-state index contributed by atoms with van der Waals surface area (Å²) in [6, 6.07) is 11.1. The van der Waals surface area contributed by atoms with E-state index >= 15 is 0 Å². The molecule has 1 atom stereocenters. The van der Waals surface area contributed by atoms with Crippen molar-refractivity contribution in [1.29, 1.82) is 0 Å². The van der Waals surface area contributed by atoms with Crippen LogP contribution < -0.4 is 10.9 Å². The molecule has 0 bridgehead atoms. The number of amides is 1. The maximum absolute atomic E-state index is 13.3. The molecule has 1 unspecified atom stereocenters. The average Bonchev–Trinajstić information content (AvgIpc) is 3.05. The number of aromatic amines is 1. The third kappa shape index (κ3) is 4.55. The van der Waals surface area contributed by atoms with Crippen molar-refractivity contribution in [2.75, 3.05) is 0 Å². The highest BCUT2D eigenvalue weighted by molar-refractivity contribution is 6.30. The minimum atomic E-state index is -1.08. The molecule has 3 rings (SSSR count). The minimum Gasteiger partial charge on any atom is -0.481 e. The zero-order valence-corrected chi connectivity index (χ0v) is 16.0. The van der Waals surface area contributed by atoms with E-state index in [2.05, 4.69) is 10.4 Å². The summed E-state index contributed by atoms with van der Waals surface area (Å²) in [7, 11) is 0. The van der Waals surface area contributed by atoms with Gasteiger partial charge in [-0.05, 0) is 36.2 Å². The minimum absolute atomic E-state index is 0.0700. The second-order valence-electron chi connectivity index (χ2n) is 6.42. The number of aryl methyl sites for hydroxylation is 1. The van der Waals surface area contributed by atoms with Crippen molar-refractivity contribution in [3.8, 4) is 5.69 Å². The Labute approximate surface area is 169 Å². The Balaban J connectivity index is 1.89. The normalized spacial score (nSPS) is 11.8. The van der Waals surface area contributed by atoms with Crippen LogP contribution in [-0.4, -0.2) is 26.8 Å². The number of H-pyrrole nitrogens is 1. The number of nitrogens with one attached hydrogen (secondary N) is 2. The smallest absolute Gasteiger partial charge is 0.305 e. The summed E-state index contributed by atoms with van der Waals surface area (Å²) in [5.41, 5.74) is 1.12. The maximum atomic E-state index is 13.3. The molecule has 0 radical (unpaired) electrons. The highest BCUT2D eigenvalue weighted by atomic mass is 35.5. The van der Waals surface area contributed by atoms with E-state index in [0.717, 1.165) is 22.4 Å². The van der Waals surface area contributed by atoms with E-state index in [1.807, 2.05) is 19.1 Å². The van der Waals surface area contributed by atoms with Gasteiger partial charge in [0.2, 0.25) is 0 Å². The number of benzene rings is 2. The molecule has 3 N–H and O–H groups in total. The van der Waals surface area contributed by atoms with E-state index in [0.29, 0.717) is 5.56 Å². The van der Waals surface area contributed by atoms with Gasteiger partial charge in [0, 0.05) is 6.07 Å². The number of hydrogen-bond donors (Lipinski definition) is 3. The average molecular weight is 418 g/mol. The zero-order chi connectivity index (χ0) is 21.1. The number of hydrogen-bond acceptors (Lipinski definition) is 3. The van der Waals surface area contributed by atoms with Crippen LogP contribution in [0.3, 0.4) is 0 Å². The van der Waals surface area contributed by atoms with Gasteiger partial charge in [0.25, 0.3) is 11.5 Å². The van der Waals surface area contributed by atoms with Crippen molar-refractivity contribution in [3.63, 3.8) is 0 Å². The molecule has 150 valence electrons. The molecule has 3 aromatic rings. The van der Waals surface area contributed by atoms with Gasteiger partial charge in [-0.2, -0.15) is 0 Å². The number of carboxylic acid groups (broad SMARTS) is 1. The third-order valence-electron chi connectivity index (χ3n) is 4.37. The highest BCUT2D eigenvalue weighted by Crippen LogP contribution is 2.21. The van der Waals surface area contributed by atoms with Crippen molar-refractivity contribution in [3.05, 3.63) is 86.5 Å². The molecule has 1 heterocycles. The van der Waals surface area contributed by atoms with Crippen molar-refractivity contribution >= 4 is 23.5 Å². The van der Waals surface area contributed by atoms with E-state index in [1.54, 1.807) is 12.1 Å². The van der Waals surface area contributed by atoms with E-state index < -0.39 is 29.3 Å². The molecule has 0 saturated carbocycles. The Morgan fingerprint density at radius 1 is 1.24 bits per heavy atom. The molecule has 0 aliphatic rings. The molecule has 0 fully saturated rings. The predicted octanol–water partition coefficient (Wildman–Crippen LogP) is 3.21. The van der Waals surface area contributed by atoms with E-state index in [9.17, 15) is 23.9 Å². The van der Waals surface area contributed by atoms with Crippen LogP contribution in [0.25, 0.3) is 5.69 Å². The number of aromatic nitrogens is 2. The molecule has 29 heavy (non-hydrogen) atoms. The van der Waals surface area contributed by atoms with Crippen molar-refractivity contribution in [1.82, 2.24) is 15.1 Å². The third-order valence-corrected chi connectivity index (χ3v) is 4.66.